The second-order valence-electron chi connectivity index (χ2n) is 14.1. The zero-order chi connectivity index (χ0) is 38.6. The number of benzene rings is 1. The Bertz CT molecular complexity index is 1990. The van der Waals surface area contributed by atoms with Gasteiger partial charge in [-0.2, -0.15) is 0 Å². The molecule has 1 atom stereocenters. The van der Waals surface area contributed by atoms with Gasteiger partial charge in [-0.05, 0) is 62.6 Å². The third kappa shape index (κ3) is 7.92. The molecule has 3 N–H and O–H groups in total. The SMILES string of the molecule is Cc1cc(C)n2c1C=C1C=CC(CCC(=O)NCCCCCCCCNC(=O)CCOc3cccc4c3C(=O)N(C3CCC(=O)NC3=O)C4=O)=[N+]1[B-]2(F)F. The lowest BCUT2D eigenvalue weighted by Crippen LogP contribution is -2.54. The molecule has 1 unspecified atom stereocenters. The molecule has 16 heteroatoms. The van der Waals surface area contributed by atoms with Crippen molar-refractivity contribution in [2.24, 2.45) is 0 Å². The molecule has 6 rings (SSSR count). The maximum Gasteiger partial charge on any atom is 0.737 e. The van der Waals surface area contributed by atoms with Gasteiger partial charge in [0.15, 0.2) is 5.70 Å². The van der Waals surface area contributed by atoms with Gasteiger partial charge >= 0.3 is 6.97 Å². The Balaban J connectivity index is 0.810. The van der Waals surface area contributed by atoms with Crippen molar-refractivity contribution >= 4 is 54.2 Å². The molecular formula is C38H45BF2N6O7. The first-order valence-corrected chi connectivity index (χ1v) is 18.6. The van der Waals surface area contributed by atoms with E-state index in [-0.39, 0.29) is 67.4 Å². The largest absolute Gasteiger partial charge is 0.737 e. The number of allylic oxidation sites excluding steroid dienone is 2. The number of halogens is 2. The van der Waals surface area contributed by atoms with Gasteiger partial charge in [0.05, 0.1) is 24.2 Å². The highest BCUT2D eigenvalue weighted by Crippen LogP contribution is 2.35. The van der Waals surface area contributed by atoms with E-state index in [4.69, 9.17) is 4.74 Å². The van der Waals surface area contributed by atoms with Gasteiger partial charge in [0.25, 0.3) is 11.8 Å². The number of imide groups is 2. The van der Waals surface area contributed by atoms with Gasteiger partial charge in [-0.1, -0.05) is 31.7 Å². The molecule has 0 radical (unpaired) electrons. The number of amides is 6. The highest BCUT2D eigenvalue weighted by Gasteiger charge is 2.52. The molecule has 0 bridgehead atoms. The Morgan fingerprint density at radius 3 is 2.33 bits per heavy atom. The van der Waals surface area contributed by atoms with Crippen molar-refractivity contribution in [2.45, 2.75) is 90.5 Å². The molecule has 2 aromatic rings. The van der Waals surface area contributed by atoms with Crippen LogP contribution in [-0.2, 0) is 19.2 Å². The summed E-state index contributed by atoms with van der Waals surface area (Å²) in [7, 11) is 0. The highest BCUT2D eigenvalue weighted by molar-refractivity contribution is 6.58. The van der Waals surface area contributed by atoms with Gasteiger partial charge in [0.2, 0.25) is 23.6 Å². The minimum atomic E-state index is -4.04. The van der Waals surface area contributed by atoms with E-state index in [9.17, 15) is 28.8 Å². The van der Waals surface area contributed by atoms with E-state index >= 15 is 8.63 Å². The van der Waals surface area contributed by atoms with E-state index in [1.165, 1.54) is 12.1 Å². The van der Waals surface area contributed by atoms with Crippen molar-refractivity contribution < 1.29 is 46.6 Å². The van der Waals surface area contributed by atoms with Crippen LogP contribution in [0.3, 0.4) is 0 Å². The van der Waals surface area contributed by atoms with E-state index in [0.717, 1.165) is 58.0 Å². The minimum absolute atomic E-state index is 0.0167. The second kappa shape index (κ2) is 16.3. The predicted molar refractivity (Wildman–Crippen MR) is 196 cm³/mol. The average Bonchev–Trinajstić information content (AvgIpc) is 3.76. The van der Waals surface area contributed by atoms with Crippen molar-refractivity contribution in [1.82, 2.24) is 25.3 Å². The van der Waals surface area contributed by atoms with Crippen LogP contribution in [0.15, 0.2) is 42.1 Å². The summed E-state index contributed by atoms with van der Waals surface area (Å²) in [6, 6.07) is 5.26. The molecule has 0 saturated carbocycles. The first-order valence-electron chi connectivity index (χ1n) is 18.6. The van der Waals surface area contributed by atoms with Crippen LogP contribution in [0.2, 0.25) is 0 Å². The topological polar surface area (TPSA) is 159 Å². The monoisotopic (exact) mass is 746 g/mol. The molecule has 13 nitrogen and oxygen atoms in total. The number of fused-ring (bicyclic) bond motifs is 3. The van der Waals surface area contributed by atoms with Crippen molar-refractivity contribution in [1.29, 1.82) is 0 Å². The standard InChI is InChI=1S/C38H45BF2N6O7/c1-24-22-25(2)46-30(24)23-27-13-12-26(47(27)39(46,40)41)14-16-32(48)42-19-7-5-3-4-6-8-20-43-33(49)18-21-54-31-11-9-10-28-35(31)38(53)45(37(28)52)29-15-17-34(50)44-36(29)51/h9-13,22-23,29H,3-8,14-21H2,1-2H3,(H,42,48)(H,43,49)(H,44,50,51). The fourth-order valence-corrected chi connectivity index (χ4v) is 7.59. The molecule has 5 heterocycles. The maximum atomic E-state index is 15.6. The summed E-state index contributed by atoms with van der Waals surface area (Å²) in [6.07, 6.45) is 11.0. The van der Waals surface area contributed by atoms with Crippen LogP contribution in [0, 0.1) is 13.8 Å². The van der Waals surface area contributed by atoms with Crippen LogP contribution in [0.5, 0.6) is 5.75 Å². The van der Waals surface area contributed by atoms with Crippen LogP contribution >= 0.6 is 0 Å². The summed E-state index contributed by atoms with van der Waals surface area (Å²) >= 11 is 0. The number of rotatable bonds is 17. The number of carbonyl (C=O) groups excluding carboxylic acids is 6. The van der Waals surface area contributed by atoms with Crippen molar-refractivity contribution in [3.8, 4) is 5.75 Å². The number of hydrogen-bond donors (Lipinski definition) is 3. The molecule has 1 aromatic heterocycles. The van der Waals surface area contributed by atoms with Gasteiger partial charge in [0, 0.05) is 56.3 Å². The lowest BCUT2D eigenvalue weighted by atomic mass is 9.90. The quantitative estimate of drug-likeness (QED) is 0.126. The van der Waals surface area contributed by atoms with E-state index in [0.29, 0.717) is 35.9 Å². The third-order valence-corrected chi connectivity index (χ3v) is 10.3. The molecule has 4 aliphatic rings. The number of hydrogen-bond acceptors (Lipinski definition) is 7. The predicted octanol–water partition coefficient (Wildman–Crippen LogP) is 3.93. The molecule has 0 spiro atoms. The molecule has 6 amide bonds. The molecule has 4 aliphatic heterocycles. The Kier molecular flexibility index (Phi) is 11.6. The highest BCUT2D eigenvalue weighted by atomic mass is 19.2. The number of ether oxygens (including phenoxy) is 1. The van der Waals surface area contributed by atoms with E-state index < -0.39 is 36.6 Å². The molecular weight excluding hydrogens is 701 g/mol. The zero-order valence-corrected chi connectivity index (χ0v) is 30.6. The van der Waals surface area contributed by atoms with Gasteiger partial charge in [-0.15, -0.1) is 0 Å². The van der Waals surface area contributed by atoms with Crippen molar-refractivity contribution in [3.63, 3.8) is 0 Å². The second-order valence-corrected chi connectivity index (χ2v) is 14.1. The van der Waals surface area contributed by atoms with Gasteiger partial charge < -0.3 is 33.0 Å². The summed E-state index contributed by atoms with van der Waals surface area (Å²) in [5.41, 5.74) is 2.88. The van der Waals surface area contributed by atoms with E-state index in [2.05, 4.69) is 16.0 Å². The van der Waals surface area contributed by atoms with Gasteiger partial charge in [-0.25, -0.2) is 0 Å². The van der Waals surface area contributed by atoms with Crippen LogP contribution in [-0.4, -0.2) is 87.7 Å². The number of carbonyl (C=O) groups is 6. The third-order valence-electron chi connectivity index (χ3n) is 10.3. The van der Waals surface area contributed by atoms with E-state index in [1.54, 1.807) is 37.3 Å². The molecule has 1 saturated heterocycles. The van der Waals surface area contributed by atoms with Crippen LogP contribution < -0.4 is 20.7 Å². The summed E-state index contributed by atoms with van der Waals surface area (Å²) in [5.74, 6) is -2.67. The first kappa shape index (κ1) is 38.3. The summed E-state index contributed by atoms with van der Waals surface area (Å²) in [5, 5.41) is 7.92. The molecule has 1 aromatic carbocycles. The summed E-state index contributed by atoms with van der Waals surface area (Å²) in [4.78, 5) is 75.7. The normalized spacial score (nSPS) is 18.3. The van der Waals surface area contributed by atoms with Gasteiger partial charge in [0.1, 0.15) is 17.5 Å². The van der Waals surface area contributed by atoms with Gasteiger partial charge in [-0.3, -0.25) is 39.0 Å². The maximum absolute atomic E-state index is 15.6. The fraction of sp³-hybridized carbons (Fsp3) is 0.447. The summed E-state index contributed by atoms with van der Waals surface area (Å²) in [6.45, 7) is 0.485. The minimum Gasteiger partial charge on any atom is -0.492 e. The molecule has 54 heavy (non-hydrogen) atoms. The lowest BCUT2D eigenvalue weighted by molar-refractivity contribution is -0.362. The van der Waals surface area contributed by atoms with E-state index in [1.807, 2.05) is 6.92 Å². The number of unbranched alkanes of at least 4 members (excludes halogenated alkanes) is 5. The summed E-state index contributed by atoms with van der Waals surface area (Å²) < 4.78 is 39.1. The Hall–Kier alpha value is -5.41. The Morgan fingerprint density at radius 1 is 0.944 bits per heavy atom. The van der Waals surface area contributed by atoms with Crippen LogP contribution in [0.25, 0.3) is 6.08 Å². The van der Waals surface area contributed by atoms with Crippen LogP contribution in [0.1, 0.15) is 108 Å². The molecule has 0 aliphatic carbocycles. The first-order chi connectivity index (χ1) is 25.9. The molecule has 286 valence electrons. The molecule has 1 fully saturated rings. The Morgan fingerprint density at radius 2 is 1.63 bits per heavy atom. The van der Waals surface area contributed by atoms with Crippen LogP contribution in [0.4, 0.5) is 8.63 Å². The smallest absolute Gasteiger partial charge is 0.492 e. The number of nitrogens with zero attached hydrogens (tertiary/aromatic N) is 3. The van der Waals surface area contributed by atoms with Crippen molar-refractivity contribution in [2.75, 3.05) is 19.7 Å². The lowest BCUT2D eigenvalue weighted by Gasteiger charge is -2.30. The number of aryl methyl sites for hydroxylation is 2. The average molecular weight is 747 g/mol. The fourth-order valence-electron chi connectivity index (χ4n) is 7.59. The zero-order valence-electron chi connectivity index (χ0n) is 30.6. The number of nitrogens with one attached hydrogen (secondary N) is 3. The number of aromatic nitrogens is 1. The van der Waals surface area contributed by atoms with Crippen molar-refractivity contribution in [3.05, 3.63) is 70.2 Å². The Labute approximate surface area is 311 Å². The number of piperidine rings is 1.